The summed E-state index contributed by atoms with van der Waals surface area (Å²) in [4.78, 5) is 13.3. The second-order valence-corrected chi connectivity index (χ2v) is 7.49. The highest BCUT2D eigenvalue weighted by Crippen LogP contribution is 2.31. The van der Waals surface area contributed by atoms with Crippen LogP contribution in [0.2, 0.25) is 0 Å². The highest BCUT2D eigenvalue weighted by atomic mass is 79.9. The molecule has 1 heterocycles. The van der Waals surface area contributed by atoms with Gasteiger partial charge in [-0.05, 0) is 47.9 Å². The van der Waals surface area contributed by atoms with Crippen LogP contribution >= 0.6 is 27.5 Å². The molecule has 1 N–H and O–H groups in total. The highest BCUT2D eigenvalue weighted by molar-refractivity contribution is 9.10. The molecule has 0 saturated heterocycles. The van der Waals surface area contributed by atoms with Crippen LogP contribution in [-0.4, -0.2) is 15.5 Å². The lowest BCUT2D eigenvalue weighted by atomic mass is 10.1. The Labute approximate surface area is 174 Å². The highest BCUT2D eigenvalue weighted by Gasteiger charge is 2.19. The standard InChI is InChI=1S/C21H14BrN3O2S/c22-15-12-10-14(11-13-15)19-20(28-25-24-19)21(26)23-17-8-4-5-9-18(17)27-16-6-2-1-3-7-16/h1-13H,(H,23,26). The number of nitrogens with zero attached hydrogens (tertiary/aromatic N) is 2. The minimum Gasteiger partial charge on any atom is -0.455 e. The fraction of sp³-hybridized carbons (Fsp3) is 0. The number of rotatable bonds is 5. The number of nitrogens with one attached hydrogen (secondary N) is 1. The molecule has 0 bridgehead atoms. The maximum absolute atomic E-state index is 12.9. The van der Waals surface area contributed by atoms with Crippen molar-refractivity contribution in [2.24, 2.45) is 0 Å². The summed E-state index contributed by atoms with van der Waals surface area (Å²) >= 11 is 4.47. The fourth-order valence-corrected chi connectivity index (χ4v) is 3.44. The summed E-state index contributed by atoms with van der Waals surface area (Å²) in [6.07, 6.45) is 0. The SMILES string of the molecule is O=C(Nc1ccccc1Oc1ccccc1)c1snnc1-c1ccc(Br)cc1. The quantitative estimate of drug-likeness (QED) is 0.403. The van der Waals surface area contributed by atoms with Crippen LogP contribution in [0.5, 0.6) is 11.5 Å². The Bertz CT molecular complexity index is 1100. The molecule has 0 unspecified atom stereocenters. The van der Waals surface area contributed by atoms with Gasteiger partial charge < -0.3 is 10.1 Å². The summed E-state index contributed by atoms with van der Waals surface area (Å²) in [6.45, 7) is 0. The summed E-state index contributed by atoms with van der Waals surface area (Å²) in [5, 5.41) is 7.04. The zero-order valence-electron chi connectivity index (χ0n) is 14.5. The van der Waals surface area contributed by atoms with Crippen molar-refractivity contribution in [2.45, 2.75) is 0 Å². The van der Waals surface area contributed by atoms with Crippen LogP contribution < -0.4 is 10.1 Å². The Kier molecular flexibility index (Phi) is 5.45. The molecule has 4 rings (SSSR count). The summed E-state index contributed by atoms with van der Waals surface area (Å²) in [7, 11) is 0. The van der Waals surface area contributed by atoms with E-state index in [2.05, 4.69) is 30.8 Å². The molecule has 1 aromatic heterocycles. The first-order valence-electron chi connectivity index (χ1n) is 8.42. The number of hydrogen-bond acceptors (Lipinski definition) is 5. The van der Waals surface area contributed by atoms with Crippen molar-refractivity contribution in [1.29, 1.82) is 0 Å². The Morgan fingerprint density at radius 2 is 1.64 bits per heavy atom. The number of halogens is 1. The molecule has 7 heteroatoms. The molecule has 0 aliphatic carbocycles. The molecular weight excluding hydrogens is 438 g/mol. The number of carbonyl (C=O) groups excluding carboxylic acids is 1. The summed E-state index contributed by atoms with van der Waals surface area (Å²) in [5.41, 5.74) is 1.96. The molecule has 1 amide bonds. The van der Waals surface area contributed by atoms with Crippen molar-refractivity contribution in [3.05, 3.63) is 88.2 Å². The van der Waals surface area contributed by atoms with Crippen LogP contribution in [0.4, 0.5) is 5.69 Å². The van der Waals surface area contributed by atoms with Crippen LogP contribution in [-0.2, 0) is 0 Å². The minimum absolute atomic E-state index is 0.281. The van der Waals surface area contributed by atoms with Crippen LogP contribution in [0.15, 0.2) is 83.3 Å². The van der Waals surface area contributed by atoms with Gasteiger partial charge in [0, 0.05) is 10.0 Å². The third-order valence-corrected chi connectivity index (χ3v) is 5.17. The lowest BCUT2D eigenvalue weighted by Gasteiger charge is -2.12. The fourth-order valence-electron chi connectivity index (χ4n) is 2.59. The van der Waals surface area contributed by atoms with Crippen LogP contribution in [0.1, 0.15) is 9.67 Å². The van der Waals surface area contributed by atoms with E-state index >= 15 is 0 Å². The number of aromatic nitrogens is 2. The molecular formula is C21H14BrN3O2S. The van der Waals surface area contributed by atoms with Gasteiger partial charge in [-0.2, -0.15) is 0 Å². The molecule has 4 aromatic rings. The van der Waals surface area contributed by atoms with Gasteiger partial charge in [-0.1, -0.05) is 62.9 Å². The van der Waals surface area contributed by atoms with E-state index < -0.39 is 0 Å². The van der Waals surface area contributed by atoms with Gasteiger partial charge >= 0.3 is 0 Å². The first-order valence-corrected chi connectivity index (χ1v) is 9.99. The molecule has 3 aromatic carbocycles. The van der Waals surface area contributed by atoms with Crippen LogP contribution in [0.25, 0.3) is 11.3 Å². The first kappa shape index (κ1) is 18.3. The number of carbonyl (C=O) groups is 1. The van der Waals surface area contributed by atoms with Crippen molar-refractivity contribution >= 4 is 39.1 Å². The van der Waals surface area contributed by atoms with Crippen molar-refractivity contribution < 1.29 is 9.53 Å². The average molecular weight is 452 g/mol. The third kappa shape index (κ3) is 4.11. The normalized spacial score (nSPS) is 10.5. The number of para-hydroxylation sites is 3. The number of amides is 1. The molecule has 0 atom stereocenters. The van der Waals surface area contributed by atoms with E-state index in [1.807, 2.05) is 72.8 Å². The number of hydrogen-bond donors (Lipinski definition) is 1. The topological polar surface area (TPSA) is 64.1 Å². The van der Waals surface area contributed by atoms with E-state index in [0.29, 0.717) is 27.8 Å². The number of benzene rings is 3. The van der Waals surface area contributed by atoms with Gasteiger partial charge in [-0.25, -0.2) is 0 Å². The van der Waals surface area contributed by atoms with E-state index in [4.69, 9.17) is 4.74 Å². The molecule has 0 saturated carbocycles. The van der Waals surface area contributed by atoms with Crippen molar-refractivity contribution in [3.63, 3.8) is 0 Å². The summed E-state index contributed by atoms with van der Waals surface area (Å²) in [6, 6.07) is 24.3. The summed E-state index contributed by atoms with van der Waals surface area (Å²) in [5.74, 6) is 0.973. The molecule has 0 aliphatic rings. The van der Waals surface area contributed by atoms with Gasteiger partial charge in [-0.15, -0.1) is 5.10 Å². The minimum atomic E-state index is -0.281. The van der Waals surface area contributed by atoms with E-state index in [1.54, 1.807) is 6.07 Å². The molecule has 28 heavy (non-hydrogen) atoms. The molecule has 0 spiro atoms. The second kappa shape index (κ2) is 8.33. The maximum atomic E-state index is 12.9. The predicted molar refractivity (Wildman–Crippen MR) is 114 cm³/mol. The third-order valence-electron chi connectivity index (χ3n) is 3.92. The van der Waals surface area contributed by atoms with E-state index in [1.165, 1.54) is 0 Å². The van der Waals surface area contributed by atoms with Gasteiger partial charge in [0.05, 0.1) is 5.69 Å². The van der Waals surface area contributed by atoms with E-state index in [9.17, 15) is 4.79 Å². The van der Waals surface area contributed by atoms with E-state index in [0.717, 1.165) is 21.6 Å². The first-order chi connectivity index (χ1) is 13.7. The van der Waals surface area contributed by atoms with Gasteiger partial charge in [0.2, 0.25) is 0 Å². The zero-order valence-corrected chi connectivity index (χ0v) is 16.9. The Morgan fingerprint density at radius 1 is 0.929 bits per heavy atom. The van der Waals surface area contributed by atoms with Crippen molar-refractivity contribution in [1.82, 2.24) is 9.59 Å². The number of ether oxygens (including phenoxy) is 1. The monoisotopic (exact) mass is 451 g/mol. The average Bonchev–Trinajstić information content (AvgIpc) is 3.21. The smallest absolute Gasteiger partial charge is 0.269 e. The number of anilines is 1. The van der Waals surface area contributed by atoms with Crippen LogP contribution in [0, 0.1) is 0 Å². The molecule has 0 fully saturated rings. The van der Waals surface area contributed by atoms with Crippen molar-refractivity contribution in [2.75, 3.05) is 5.32 Å². The maximum Gasteiger partial charge on any atom is 0.269 e. The Hall–Kier alpha value is -3.03. The van der Waals surface area contributed by atoms with E-state index in [-0.39, 0.29) is 5.91 Å². The molecule has 0 aliphatic heterocycles. The lowest BCUT2D eigenvalue weighted by Crippen LogP contribution is -2.12. The van der Waals surface area contributed by atoms with Gasteiger partial charge in [-0.3, -0.25) is 4.79 Å². The Morgan fingerprint density at radius 3 is 2.43 bits per heavy atom. The van der Waals surface area contributed by atoms with Gasteiger partial charge in [0.25, 0.3) is 5.91 Å². The molecule has 0 radical (unpaired) electrons. The molecule has 138 valence electrons. The van der Waals surface area contributed by atoms with Crippen molar-refractivity contribution in [3.8, 4) is 22.8 Å². The largest absolute Gasteiger partial charge is 0.455 e. The van der Waals surface area contributed by atoms with Gasteiger partial charge in [0.15, 0.2) is 5.75 Å². The zero-order chi connectivity index (χ0) is 19.3. The molecule has 5 nitrogen and oxygen atoms in total. The Balaban J connectivity index is 1.59. The van der Waals surface area contributed by atoms with Gasteiger partial charge in [0.1, 0.15) is 16.3 Å². The summed E-state index contributed by atoms with van der Waals surface area (Å²) < 4.78 is 10.8. The predicted octanol–water partition coefficient (Wildman–Crippen LogP) is 6.01. The lowest BCUT2D eigenvalue weighted by molar-refractivity contribution is 0.103. The van der Waals surface area contributed by atoms with Crippen LogP contribution in [0.3, 0.4) is 0 Å². The second-order valence-electron chi connectivity index (χ2n) is 5.82.